The lowest BCUT2D eigenvalue weighted by molar-refractivity contribution is 0.211. The van der Waals surface area contributed by atoms with Gasteiger partial charge in [-0.15, -0.1) is 0 Å². The SMILES string of the molecule is CCCC(CC)CC(F)C(C)NC. The molecule has 0 aliphatic carbocycles. The second-order valence-corrected chi connectivity index (χ2v) is 3.89. The Kier molecular flexibility index (Phi) is 7.25. The third kappa shape index (κ3) is 5.25. The largest absolute Gasteiger partial charge is 0.314 e. The lowest BCUT2D eigenvalue weighted by atomic mass is 9.92. The Balaban J connectivity index is 3.78. The van der Waals surface area contributed by atoms with Crippen LogP contribution >= 0.6 is 0 Å². The van der Waals surface area contributed by atoms with Crippen molar-refractivity contribution in [3.8, 4) is 0 Å². The third-order valence-corrected chi connectivity index (χ3v) is 2.83. The van der Waals surface area contributed by atoms with Crippen LogP contribution in [-0.4, -0.2) is 19.3 Å². The molecule has 0 bridgehead atoms. The number of halogens is 1. The number of rotatable bonds is 7. The summed E-state index contributed by atoms with van der Waals surface area (Å²) in [6, 6.07) is -0.00842. The highest BCUT2D eigenvalue weighted by Crippen LogP contribution is 2.20. The topological polar surface area (TPSA) is 12.0 Å². The molecule has 3 atom stereocenters. The summed E-state index contributed by atoms with van der Waals surface area (Å²) in [6.45, 7) is 6.22. The maximum absolute atomic E-state index is 13.5. The Morgan fingerprint density at radius 2 is 1.92 bits per heavy atom. The van der Waals surface area contributed by atoms with Crippen LogP contribution in [0, 0.1) is 5.92 Å². The minimum absolute atomic E-state index is 0.00842. The summed E-state index contributed by atoms with van der Waals surface area (Å²) in [5.74, 6) is 0.566. The molecule has 0 aromatic heterocycles. The fourth-order valence-corrected chi connectivity index (χ4v) is 1.60. The molecule has 80 valence electrons. The van der Waals surface area contributed by atoms with Crippen molar-refractivity contribution in [1.29, 1.82) is 0 Å². The summed E-state index contributed by atoms with van der Waals surface area (Å²) in [7, 11) is 1.82. The van der Waals surface area contributed by atoms with Gasteiger partial charge >= 0.3 is 0 Å². The third-order valence-electron chi connectivity index (χ3n) is 2.83. The van der Waals surface area contributed by atoms with Crippen LogP contribution in [0.25, 0.3) is 0 Å². The highest BCUT2D eigenvalue weighted by Gasteiger charge is 2.18. The Bertz CT molecular complexity index is 117. The molecule has 0 saturated carbocycles. The zero-order valence-electron chi connectivity index (χ0n) is 9.44. The predicted molar refractivity (Wildman–Crippen MR) is 56.7 cm³/mol. The number of hydrogen-bond acceptors (Lipinski definition) is 1. The van der Waals surface area contributed by atoms with Gasteiger partial charge in [-0.2, -0.15) is 0 Å². The smallest absolute Gasteiger partial charge is 0.115 e. The molecule has 2 heteroatoms. The molecule has 13 heavy (non-hydrogen) atoms. The van der Waals surface area contributed by atoms with Gasteiger partial charge in [-0.1, -0.05) is 33.1 Å². The van der Waals surface area contributed by atoms with Crippen LogP contribution in [0.2, 0.25) is 0 Å². The molecule has 0 amide bonds. The van der Waals surface area contributed by atoms with Crippen molar-refractivity contribution in [2.24, 2.45) is 5.92 Å². The van der Waals surface area contributed by atoms with E-state index in [0.29, 0.717) is 12.3 Å². The van der Waals surface area contributed by atoms with Gasteiger partial charge in [0.15, 0.2) is 0 Å². The van der Waals surface area contributed by atoms with Gasteiger partial charge < -0.3 is 5.32 Å². The van der Waals surface area contributed by atoms with Gasteiger partial charge in [-0.25, -0.2) is 4.39 Å². The van der Waals surface area contributed by atoms with E-state index in [1.165, 1.54) is 6.42 Å². The molecule has 1 N–H and O–H groups in total. The first-order chi connectivity index (χ1) is 6.15. The number of nitrogens with one attached hydrogen (secondary N) is 1. The van der Waals surface area contributed by atoms with E-state index in [9.17, 15) is 4.39 Å². The fourth-order valence-electron chi connectivity index (χ4n) is 1.60. The Morgan fingerprint density at radius 1 is 1.31 bits per heavy atom. The average Bonchev–Trinajstić information content (AvgIpc) is 2.15. The van der Waals surface area contributed by atoms with E-state index in [-0.39, 0.29) is 6.04 Å². The highest BCUT2D eigenvalue weighted by molar-refractivity contribution is 4.73. The molecular weight excluding hydrogens is 165 g/mol. The zero-order chi connectivity index (χ0) is 10.3. The van der Waals surface area contributed by atoms with Crippen LogP contribution in [0.4, 0.5) is 4.39 Å². The first kappa shape index (κ1) is 12.9. The van der Waals surface area contributed by atoms with Gasteiger partial charge in [0.2, 0.25) is 0 Å². The lowest BCUT2D eigenvalue weighted by Gasteiger charge is -2.21. The molecule has 0 saturated heterocycles. The van der Waals surface area contributed by atoms with Crippen LogP contribution in [0.3, 0.4) is 0 Å². The van der Waals surface area contributed by atoms with Crippen molar-refractivity contribution in [3.63, 3.8) is 0 Å². The first-order valence-corrected chi connectivity index (χ1v) is 5.46. The molecule has 0 heterocycles. The molecule has 0 aromatic carbocycles. The van der Waals surface area contributed by atoms with Crippen LogP contribution in [0.1, 0.15) is 46.5 Å². The normalized spacial score (nSPS) is 18.2. The maximum Gasteiger partial charge on any atom is 0.115 e. The Morgan fingerprint density at radius 3 is 2.31 bits per heavy atom. The minimum atomic E-state index is -0.693. The van der Waals surface area contributed by atoms with Gasteiger partial charge in [0.1, 0.15) is 6.17 Å². The van der Waals surface area contributed by atoms with Crippen molar-refractivity contribution in [2.45, 2.75) is 58.7 Å². The number of hydrogen-bond donors (Lipinski definition) is 1. The van der Waals surface area contributed by atoms with Crippen molar-refractivity contribution < 1.29 is 4.39 Å². The Labute approximate surface area is 82.1 Å². The minimum Gasteiger partial charge on any atom is -0.314 e. The van der Waals surface area contributed by atoms with Crippen molar-refractivity contribution in [1.82, 2.24) is 5.32 Å². The van der Waals surface area contributed by atoms with Crippen molar-refractivity contribution >= 4 is 0 Å². The summed E-state index contributed by atoms with van der Waals surface area (Å²) >= 11 is 0. The second kappa shape index (κ2) is 7.31. The van der Waals surface area contributed by atoms with Crippen LogP contribution in [-0.2, 0) is 0 Å². The summed E-state index contributed by atoms with van der Waals surface area (Å²) in [5, 5.41) is 2.96. The van der Waals surface area contributed by atoms with Crippen molar-refractivity contribution in [2.75, 3.05) is 7.05 Å². The summed E-state index contributed by atoms with van der Waals surface area (Å²) in [4.78, 5) is 0. The molecule has 0 spiro atoms. The van der Waals surface area contributed by atoms with Crippen LogP contribution in [0.5, 0.6) is 0 Å². The molecule has 0 aliphatic rings. The zero-order valence-corrected chi connectivity index (χ0v) is 9.44. The molecule has 3 unspecified atom stereocenters. The molecule has 0 fully saturated rings. The van der Waals surface area contributed by atoms with Gasteiger partial charge in [0, 0.05) is 6.04 Å². The van der Waals surface area contributed by atoms with Crippen LogP contribution < -0.4 is 5.32 Å². The molecule has 0 aromatic rings. The van der Waals surface area contributed by atoms with E-state index < -0.39 is 6.17 Å². The van der Waals surface area contributed by atoms with E-state index >= 15 is 0 Å². The molecular formula is C11H24FN. The van der Waals surface area contributed by atoms with Gasteiger partial charge in [0.05, 0.1) is 0 Å². The Hall–Kier alpha value is -0.110. The van der Waals surface area contributed by atoms with Gasteiger partial charge in [-0.05, 0) is 26.3 Å². The molecule has 0 aliphatic heterocycles. The highest BCUT2D eigenvalue weighted by atomic mass is 19.1. The van der Waals surface area contributed by atoms with Crippen LogP contribution in [0.15, 0.2) is 0 Å². The van der Waals surface area contributed by atoms with Crippen molar-refractivity contribution in [3.05, 3.63) is 0 Å². The standard InChI is InChI=1S/C11H24FN/c1-5-7-10(6-2)8-11(12)9(3)13-4/h9-11,13H,5-8H2,1-4H3. The summed E-state index contributed by atoms with van der Waals surface area (Å²) < 4.78 is 13.5. The van der Waals surface area contributed by atoms with E-state index in [2.05, 4.69) is 19.2 Å². The lowest BCUT2D eigenvalue weighted by Crippen LogP contribution is -2.33. The van der Waals surface area contributed by atoms with Gasteiger partial charge in [-0.3, -0.25) is 0 Å². The van der Waals surface area contributed by atoms with E-state index in [1.807, 2.05) is 14.0 Å². The predicted octanol–water partition coefficient (Wildman–Crippen LogP) is 3.15. The maximum atomic E-state index is 13.5. The quantitative estimate of drug-likeness (QED) is 0.648. The van der Waals surface area contributed by atoms with E-state index in [0.717, 1.165) is 12.8 Å². The molecule has 0 radical (unpaired) electrons. The van der Waals surface area contributed by atoms with E-state index in [1.54, 1.807) is 0 Å². The first-order valence-electron chi connectivity index (χ1n) is 5.46. The number of alkyl halides is 1. The van der Waals surface area contributed by atoms with Gasteiger partial charge in [0.25, 0.3) is 0 Å². The molecule has 1 nitrogen and oxygen atoms in total. The monoisotopic (exact) mass is 189 g/mol. The fraction of sp³-hybridized carbons (Fsp3) is 1.00. The summed E-state index contributed by atoms with van der Waals surface area (Å²) in [5.41, 5.74) is 0. The average molecular weight is 189 g/mol. The molecule has 0 rings (SSSR count). The second-order valence-electron chi connectivity index (χ2n) is 3.89. The van der Waals surface area contributed by atoms with E-state index in [4.69, 9.17) is 0 Å². The summed E-state index contributed by atoms with van der Waals surface area (Å²) in [6.07, 6.45) is 3.45.